The Morgan fingerprint density at radius 3 is 2.44 bits per heavy atom. The summed E-state index contributed by atoms with van der Waals surface area (Å²) in [6, 6.07) is 3.74. The molecular formula is C30H28ClF4N3O6S. The largest absolute Gasteiger partial charge is 0.465 e. The van der Waals surface area contributed by atoms with E-state index in [1.165, 1.54) is 56.0 Å². The quantitative estimate of drug-likeness (QED) is 0.162. The van der Waals surface area contributed by atoms with Crippen LogP contribution in [0.1, 0.15) is 26.4 Å². The molecule has 1 aliphatic rings. The lowest BCUT2D eigenvalue weighted by atomic mass is 9.95. The molecule has 15 heteroatoms. The van der Waals surface area contributed by atoms with E-state index in [0.29, 0.717) is 5.56 Å². The van der Waals surface area contributed by atoms with E-state index in [0.717, 1.165) is 35.1 Å². The molecule has 0 N–H and O–H groups in total. The van der Waals surface area contributed by atoms with Crippen molar-refractivity contribution >= 4 is 40.5 Å². The van der Waals surface area contributed by atoms with Crippen molar-refractivity contribution in [2.24, 2.45) is 5.92 Å². The summed E-state index contributed by atoms with van der Waals surface area (Å²) in [5.41, 5.74) is 0.446. The Labute approximate surface area is 265 Å². The van der Waals surface area contributed by atoms with Crippen molar-refractivity contribution in [1.82, 2.24) is 9.97 Å². The van der Waals surface area contributed by atoms with E-state index >= 15 is 4.39 Å². The van der Waals surface area contributed by atoms with E-state index in [2.05, 4.69) is 9.97 Å². The second-order valence-corrected chi connectivity index (χ2v) is 11.2. The number of alkyl halides is 4. The number of benzene rings is 1. The van der Waals surface area contributed by atoms with Gasteiger partial charge in [-0.05, 0) is 42.0 Å². The van der Waals surface area contributed by atoms with Crippen LogP contribution in [0.3, 0.4) is 0 Å². The monoisotopic (exact) mass is 669 g/mol. The number of carbonyl (C=O) groups is 2. The fourth-order valence-corrected chi connectivity index (χ4v) is 5.47. The standard InChI is InChI=1S/C30H28ClF4N3O6S/c1-41-14-19(15-42-2)38(28(39)22-6-4-18(31)10-25(22)32)26-7-5-20(11-23(26)29(40)43-3)44-27-24(30(33,34)35)9-17(12-37-27)8-21-13-36-16-45-21/h4-7,9-13,16,19,22,25H,8,14-15H2,1-3H3. The molecule has 0 radical (unpaired) electrons. The maximum absolute atomic E-state index is 15.0. The third-order valence-corrected chi connectivity index (χ3v) is 7.68. The summed E-state index contributed by atoms with van der Waals surface area (Å²) in [4.78, 5) is 36.6. The average molecular weight is 670 g/mol. The third kappa shape index (κ3) is 8.25. The predicted molar refractivity (Wildman–Crippen MR) is 159 cm³/mol. The maximum Gasteiger partial charge on any atom is 0.421 e. The van der Waals surface area contributed by atoms with Crippen molar-refractivity contribution in [2.45, 2.75) is 24.8 Å². The highest BCUT2D eigenvalue weighted by atomic mass is 35.5. The van der Waals surface area contributed by atoms with Crippen LogP contribution in [-0.4, -0.2) is 68.6 Å². The zero-order chi connectivity index (χ0) is 32.7. The van der Waals surface area contributed by atoms with Crippen molar-refractivity contribution in [3.63, 3.8) is 0 Å². The number of anilines is 1. The number of rotatable bonds is 12. The van der Waals surface area contributed by atoms with Crippen LogP contribution in [0.5, 0.6) is 11.6 Å². The number of allylic oxidation sites excluding steroid dienone is 3. The van der Waals surface area contributed by atoms with Gasteiger partial charge in [0, 0.05) is 42.9 Å². The molecule has 0 fully saturated rings. The van der Waals surface area contributed by atoms with Crippen LogP contribution in [0.2, 0.25) is 0 Å². The average Bonchev–Trinajstić information content (AvgIpc) is 3.51. The second kappa shape index (κ2) is 15.0. The van der Waals surface area contributed by atoms with Crippen LogP contribution in [0.4, 0.5) is 23.2 Å². The molecule has 1 aliphatic carbocycles. The summed E-state index contributed by atoms with van der Waals surface area (Å²) in [6.45, 7) is -0.148. The molecule has 4 rings (SSSR count). The first-order valence-corrected chi connectivity index (χ1v) is 14.6. The van der Waals surface area contributed by atoms with Crippen LogP contribution >= 0.6 is 22.9 Å². The molecule has 2 heterocycles. The Morgan fingerprint density at radius 1 is 1.11 bits per heavy atom. The van der Waals surface area contributed by atoms with Gasteiger partial charge in [0.2, 0.25) is 11.8 Å². The molecule has 0 saturated heterocycles. The molecule has 0 bridgehead atoms. The maximum atomic E-state index is 15.0. The zero-order valence-electron chi connectivity index (χ0n) is 24.2. The number of esters is 1. The molecule has 2 unspecified atom stereocenters. The summed E-state index contributed by atoms with van der Waals surface area (Å²) in [5.74, 6) is -3.96. The first-order chi connectivity index (χ1) is 21.5. The SMILES string of the molecule is COCC(COC)N(C(=O)C1C=CC(Cl)=CC1F)c1ccc(Oc2ncc(Cc3cncs3)cc2C(F)(F)F)cc1C(=O)OC. The zero-order valence-corrected chi connectivity index (χ0v) is 25.8. The van der Waals surface area contributed by atoms with Gasteiger partial charge in [-0.3, -0.25) is 9.78 Å². The molecule has 2 atom stereocenters. The summed E-state index contributed by atoms with van der Waals surface area (Å²) < 4.78 is 78.3. The van der Waals surface area contributed by atoms with E-state index in [-0.39, 0.29) is 41.7 Å². The van der Waals surface area contributed by atoms with Gasteiger partial charge in [-0.1, -0.05) is 17.7 Å². The number of halogens is 5. The predicted octanol–water partition coefficient (Wildman–Crippen LogP) is 6.37. The Kier molecular flexibility index (Phi) is 11.3. The number of carbonyl (C=O) groups excluding carboxylic acids is 2. The lowest BCUT2D eigenvalue weighted by molar-refractivity contribution is -0.139. The Morgan fingerprint density at radius 2 is 1.84 bits per heavy atom. The third-order valence-electron chi connectivity index (χ3n) is 6.65. The van der Waals surface area contributed by atoms with Gasteiger partial charge in [-0.2, -0.15) is 13.2 Å². The fourth-order valence-electron chi connectivity index (χ4n) is 4.65. The number of ether oxygens (including phenoxy) is 4. The van der Waals surface area contributed by atoms with E-state index in [1.54, 1.807) is 11.7 Å². The minimum absolute atomic E-state index is 0.0385. The number of pyridine rings is 1. The van der Waals surface area contributed by atoms with Crippen LogP contribution in [-0.2, 0) is 31.6 Å². The van der Waals surface area contributed by atoms with Gasteiger partial charge in [0.1, 0.15) is 17.5 Å². The first-order valence-electron chi connectivity index (χ1n) is 13.3. The molecule has 9 nitrogen and oxygen atoms in total. The number of amides is 1. The molecule has 2 aromatic heterocycles. The van der Waals surface area contributed by atoms with Crippen LogP contribution < -0.4 is 9.64 Å². The molecule has 45 heavy (non-hydrogen) atoms. The number of methoxy groups -OCH3 is 3. The van der Waals surface area contributed by atoms with Crippen LogP contribution in [0.15, 0.2) is 65.4 Å². The number of hydrogen-bond acceptors (Lipinski definition) is 9. The van der Waals surface area contributed by atoms with Gasteiger partial charge in [0.15, 0.2) is 0 Å². The normalized spacial score (nSPS) is 16.4. The lowest BCUT2D eigenvalue weighted by Gasteiger charge is -2.35. The van der Waals surface area contributed by atoms with Gasteiger partial charge < -0.3 is 23.8 Å². The summed E-state index contributed by atoms with van der Waals surface area (Å²) >= 11 is 7.20. The smallest absolute Gasteiger partial charge is 0.421 e. The highest BCUT2D eigenvalue weighted by Gasteiger charge is 2.38. The van der Waals surface area contributed by atoms with Gasteiger partial charge in [0.25, 0.3) is 0 Å². The Balaban J connectivity index is 1.76. The highest BCUT2D eigenvalue weighted by Crippen LogP contribution is 2.39. The molecule has 0 saturated carbocycles. The minimum Gasteiger partial charge on any atom is -0.465 e. The molecule has 1 amide bonds. The van der Waals surface area contributed by atoms with Gasteiger partial charge in [-0.25, -0.2) is 14.2 Å². The van der Waals surface area contributed by atoms with Gasteiger partial charge in [-0.15, -0.1) is 11.3 Å². The van der Waals surface area contributed by atoms with Crippen molar-refractivity contribution in [2.75, 3.05) is 39.4 Å². The number of thiazole rings is 1. The van der Waals surface area contributed by atoms with Crippen molar-refractivity contribution in [3.05, 3.63) is 87.0 Å². The van der Waals surface area contributed by atoms with E-state index in [4.69, 9.17) is 30.5 Å². The topological polar surface area (TPSA) is 100 Å². The lowest BCUT2D eigenvalue weighted by Crippen LogP contribution is -2.50. The first kappa shape index (κ1) is 34.0. The second-order valence-electron chi connectivity index (χ2n) is 9.76. The van der Waals surface area contributed by atoms with Crippen LogP contribution in [0, 0.1) is 5.92 Å². The van der Waals surface area contributed by atoms with Crippen LogP contribution in [0.25, 0.3) is 0 Å². The Bertz CT molecular complexity index is 1560. The summed E-state index contributed by atoms with van der Waals surface area (Å²) in [6.07, 6.45) is 0.166. The molecule has 240 valence electrons. The van der Waals surface area contributed by atoms with E-state index in [9.17, 15) is 22.8 Å². The minimum atomic E-state index is -4.82. The number of aromatic nitrogens is 2. The van der Waals surface area contributed by atoms with Gasteiger partial charge in [0.05, 0.1) is 49.0 Å². The fraction of sp³-hybridized carbons (Fsp3) is 0.333. The Hall–Kier alpha value is -3.85. The highest BCUT2D eigenvalue weighted by molar-refractivity contribution is 7.09. The molecule has 1 aromatic carbocycles. The molecule has 0 spiro atoms. The van der Waals surface area contributed by atoms with E-state index < -0.39 is 47.6 Å². The molecule has 3 aromatic rings. The van der Waals surface area contributed by atoms with Crippen molar-refractivity contribution in [1.29, 1.82) is 0 Å². The van der Waals surface area contributed by atoms with Crippen molar-refractivity contribution in [3.8, 4) is 11.6 Å². The molecule has 0 aliphatic heterocycles. The molecular weight excluding hydrogens is 642 g/mol. The van der Waals surface area contributed by atoms with Crippen molar-refractivity contribution < 1.29 is 46.1 Å². The summed E-state index contributed by atoms with van der Waals surface area (Å²) in [5, 5.41) is 0.114. The van der Waals surface area contributed by atoms with Gasteiger partial charge >= 0.3 is 12.1 Å². The number of nitrogens with zero attached hydrogens (tertiary/aromatic N) is 3. The van der Waals surface area contributed by atoms with E-state index in [1.807, 2.05) is 0 Å². The summed E-state index contributed by atoms with van der Waals surface area (Å²) in [7, 11) is 3.86. The number of hydrogen-bond donors (Lipinski definition) is 0.